The summed E-state index contributed by atoms with van der Waals surface area (Å²) in [5, 5.41) is 3.00. The first-order valence-corrected chi connectivity index (χ1v) is 12.5. The molecule has 0 saturated carbocycles. The number of rotatable bonds is 16. The van der Waals surface area contributed by atoms with E-state index in [1.807, 2.05) is 61.5 Å². The summed E-state index contributed by atoms with van der Waals surface area (Å²) in [5.74, 6) is -0.551. The van der Waals surface area contributed by atoms with Crippen molar-refractivity contribution < 1.29 is 18.7 Å². The Morgan fingerprint density at radius 1 is 1.00 bits per heavy atom. The number of nitrogens with one attached hydrogen (secondary N) is 1. The van der Waals surface area contributed by atoms with Crippen LogP contribution < -0.4 is 5.32 Å². The smallest absolute Gasteiger partial charge is 0.308 e. The van der Waals surface area contributed by atoms with Crippen LogP contribution in [-0.2, 0) is 20.9 Å². The maximum Gasteiger partial charge on any atom is 0.308 e. The van der Waals surface area contributed by atoms with Gasteiger partial charge in [0.2, 0.25) is 5.91 Å². The van der Waals surface area contributed by atoms with Gasteiger partial charge in [-0.05, 0) is 56.6 Å². The molecule has 0 saturated heterocycles. The summed E-state index contributed by atoms with van der Waals surface area (Å²) < 4.78 is 18.5. The van der Waals surface area contributed by atoms with Gasteiger partial charge in [0.05, 0.1) is 12.5 Å². The number of halogens is 1. The predicted octanol–water partition coefficient (Wildman–Crippen LogP) is 5.75. The second kappa shape index (κ2) is 16.6. The van der Waals surface area contributed by atoms with Crippen molar-refractivity contribution in [3.8, 4) is 0 Å². The summed E-state index contributed by atoms with van der Waals surface area (Å²) in [6.07, 6.45) is 10.7. The fourth-order valence-electron chi connectivity index (χ4n) is 3.81. The second-order valence-corrected chi connectivity index (χ2v) is 9.14. The van der Waals surface area contributed by atoms with Gasteiger partial charge in [-0.2, -0.15) is 0 Å². The van der Waals surface area contributed by atoms with E-state index in [9.17, 15) is 14.0 Å². The Bertz CT molecular complexity index is 915. The van der Waals surface area contributed by atoms with Gasteiger partial charge in [-0.25, -0.2) is 4.39 Å². The average Bonchev–Trinajstić information content (AvgIpc) is 2.82. The molecule has 5 nitrogen and oxygen atoms in total. The van der Waals surface area contributed by atoms with Gasteiger partial charge in [-0.3, -0.25) is 9.59 Å². The van der Waals surface area contributed by atoms with Crippen LogP contribution in [0.4, 0.5) is 4.39 Å². The van der Waals surface area contributed by atoms with Gasteiger partial charge in [-0.15, -0.1) is 0 Å². The van der Waals surface area contributed by atoms with Crippen LogP contribution in [0.25, 0.3) is 6.08 Å². The molecule has 0 aliphatic rings. The largest absolute Gasteiger partial charge is 0.461 e. The van der Waals surface area contributed by atoms with E-state index >= 15 is 0 Å². The molecule has 0 unspecified atom stereocenters. The number of benzene rings is 2. The maximum absolute atomic E-state index is 13.2. The van der Waals surface area contributed by atoms with Gasteiger partial charge in [-0.1, -0.05) is 73.9 Å². The van der Waals surface area contributed by atoms with Crippen molar-refractivity contribution in [2.24, 2.45) is 0 Å². The highest BCUT2D eigenvalue weighted by Crippen LogP contribution is 2.11. The minimum absolute atomic E-state index is 0.0225. The number of allylic oxidation sites excluding steroid dienone is 1. The minimum Gasteiger partial charge on any atom is -0.461 e. The zero-order chi connectivity index (χ0) is 25.3. The summed E-state index contributed by atoms with van der Waals surface area (Å²) >= 11 is 0. The Labute approximate surface area is 209 Å². The maximum atomic E-state index is 13.2. The Hall–Kier alpha value is -2.99. The molecule has 0 heterocycles. The van der Waals surface area contributed by atoms with Crippen molar-refractivity contribution in [2.45, 2.75) is 64.0 Å². The van der Waals surface area contributed by atoms with Crippen LogP contribution >= 0.6 is 0 Å². The van der Waals surface area contributed by atoms with E-state index in [-0.39, 0.29) is 36.8 Å². The molecule has 0 aliphatic carbocycles. The number of amides is 1. The molecule has 2 aromatic rings. The number of carbonyl (C=O) groups is 2. The van der Waals surface area contributed by atoms with Gasteiger partial charge in [0, 0.05) is 13.0 Å². The first kappa shape index (κ1) is 28.2. The lowest BCUT2D eigenvalue weighted by Gasteiger charge is -2.22. The molecule has 1 amide bonds. The van der Waals surface area contributed by atoms with E-state index in [1.54, 1.807) is 6.07 Å². The molecule has 0 radical (unpaired) electrons. The van der Waals surface area contributed by atoms with Gasteiger partial charge >= 0.3 is 5.97 Å². The number of esters is 1. The van der Waals surface area contributed by atoms with Crippen LogP contribution in [0.1, 0.15) is 62.5 Å². The van der Waals surface area contributed by atoms with E-state index in [0.29, 0.717) is 13.0 Å². The molecule has 2 aromatic carbocycles. The number of carbonyl (C=O) groups excluding carboxylic acids is 2. The standard InChI is InChI=1S/C29H39FN2O3/c1-32(2)22-27(21-29(34)35-23-25-15-10-8-11-16-25)31-28(33)19-12-7-5-3-4-6-9-14-24-17-13-18-26(30)20-24/h8-11,13-18,20,27H,3-7,12,19,21-23H2,1-2H3,(H,31,33)/t27-/m1/s1. The van der Waals surface area contributed by atoms with Crippen molar-refractivity contribution in [3.05, 3.63) is 77.6 Å². The number of hydrogen-bond acceptors (Lipinski definition) is 4. The van der Waals surface area contributed by atoms with E-state index in [2.05, 4.69) is 11.4 Å². The normalized spacial score (nSPS) is 12.1. The third kappa shape index (κ3) is 13.5. The van der Waals surface area contributed by atoms with Crippen molar-refractivity contribution in [3.63, 3.8) is 0 Å². The van der Waals surface area contributed by atoms with E-state index in [0.717, 1.165) is 49.7 Å². The first-order chi connectivity index (χ1) is 16.9. The number of hydrogen-bond donors (Lipinski definition) is 1. The molecule has 0 spiro atoms. The SMILES string of the molecule is CN(C)C[C@@H](CC(=O)OCc1ccccc1)NC(=O)CCCCCCCC=Cc1cccc(F)c1. The zero-order valence-corrected chi connectivity index (χ0v) is 21.0. The number of nitrogens with zero attached hydrogens (tertiary/aromatic N) is 1. The molecular formula is C29H39FN2O3. The van der Waals surface area contributed by atoms with Gasteiger partial charge in [0.25, 0.3) is 0 Å². The van der Waals surface area contributed by atoms with Crippen LogP contribution in [-0.4, -0.2) is 43.5 Å². The van der Waals surface area contributed by atoms with Gasteiger partial charge < -0.3 is 15.0 Å². The number of likely N-dealkylation sites (N-methyl/N-ethyl adjacent to an activating group) is 1. The average molecular weight is 483 g/mol. The van der Waals surface area contributed by atoms with Gasteiger partial charge in [0.15, 0.2) is 0 Å². The monoisotopic (exact) mass is 482 g/mol. The third-order valence-corrected chi connectivity index (χ3v) is 5.54. The Morgan fingerprint density at radius 2 is 1.74 bits per heavy atom. The third-order valence-electron chi connectivity index (χ3n) is 5.54. The Kier molecular flexibility index (Phi) is 13.4. The zero-order valence-electron chi connectivity index (χ0n) is 21.0. The second-order valence-electron chi connectivity index (χ2n) is 9.14. The number of ether oxygens (including phenoxy) is 1. The molecule has 2 rings (SSSR count). The fraction of sp³-hybridized carbons (Fsp3) is 0.448. The van der Waals surface area contributed by atoms with E-state index in [1.165, 1.54) is 12.1 Å². The Balaban J connectivity index is 1.58. The molecule has 0 aromatic heterocycles. The van der Waals surface area contributed by atoms with Crippen LogP contribution in [0.3, 0.4) is 0 Å². The predicted molar refractivity (Wildman–Crippen MR) is 139 cm³/mol. The van der Waals surface area contributed by atoms with E-state index in [4.69, 9.17) is 4.74 Å². The molecular weight excluding hydrogens is 443 g/mol. The topological polar surface area (TPSA) is 58.6 Å². The Morgan fingerprint density at radius 3 is 2.49 bits per heavy atom. The van der Waals surface area contributed by atoms with Crippen molar-refractivity contribution in [2.75, 3.05) is 20.6 Å². The molecule has 190 valence electrons. The van der Waals surface area contributed by atoms with Gasteiger partial charge in [0.1, 0.15) is 12.4 Å². The van der Waals surface area contributed by atoms with Crippen molar-refractivity contribution in [1.82, 2.24) is 10.2 Å². The molecule has 0 fully saturated rings. The molecule has 0 bridgehead atoms. The number of unbranched alkanes of at least 4 members (excludes halogenated alkanes) is 5. The van der Waals surface area contributed by atoms with Crippen LogP contribution in [0, 0.1) is 5.82 Å². The highest BCUT2D eigenvalue weighted by molar-refractivity contribution is 5.77. The molecule has 1 atom stereocenters. The lowest BCUT2D eigenvalue weighted by molar-refractivity contribution is -0.145. The van der Waals surface area contributed by atoms with Crippen LogP contribution in [0.15, 0.2) is 60.7 Å². The fourth-order valence-corrected chi connectivity index (χ4v) is 3.81. The summed E-state index contributed by atoms with van der Waals surface area (Å²) in [5.41, 5.74) is 1.82. The molecule has 0 aliphatic heterocycles. The first-order valence-electron chi connectivity index (χ1n) is 12.5. The molecule has 1 N–H and O–H groups in total. The molecule has 35 heavy (non-hydrogen) atoms. The summed E-state index contributed by atoms with van der Waals surface area (Å²) in [6.45, 7) is 0.818. The summed E-state index contributed by atoms with van der Waals surface area (Å²) in [6, 6.07) is 15.9. The highest BCUT2D eigenvalue weighted by Gasteiger charge is 2.18. The van der Waals surface area contributed by atoms with Crippen LogP contribution in [0.2, 0.25) is 0 Å². The minimum atomic E-state index is -0.313. The lowest BCUT2D eigenvalue weighted by atomic mass is 10.1. The van der Waals surface area contributed by atoms with Crippen molar-refractivity contribution >= 4 is 18.0 Å². The van der Waals surface area contributed by atoms with Crippen LogP contribution in [0.5, 0.6) is 0 Å². The highest BCUT2D eigenvalue weighted by atomic mass is 19.1. The lowest BCUT2D eigenvalue weighted by Crippen LogP contribution is -2.43. The van der Waals surface area contributed by atoms with E-state index < -0.39 is 0 Å². The summed E-state index contributed by atoms with van der Waals surface area (Å²) in [4.78, 5) is 26.6. The molecule has 6 heteroatoms. The quantitative estimate of drug-likeness (QED) is 0.245. The summed E-state index contributed by atoms with van der Waals surface area (Å²) in [7, 11) is 3.84. The van der Waals surface area contributed by atoms with Crippen molar-refractivity contribution in [1.29, 1.82) is 0 Å².